The fourth-order valence-corrected chi connectivity index (χ4v) is 5.95. The first kappa shape index (κ1) is 20.3. The fraction of sp³-hybridized carbons (Fsp3) is 0.654. The average molecular weight is 409 g/mol. The van der Waals surface area contributed by atoms with E-state index in [1.807, 2.05) is 0 Å². The maximum absolute atomic E-state index is 13.2. The summed E-state index contributed by atoms with van der Waals surface area (Å²) >= 11 is 0. The number of rotatable bonds is 6. The zero-order valence-electron chi connectivity index (χ0n) is 18.2. The quantitative estimate of drug-likeness (QED) is 0.714. The molecular formula is C26H36N2O2. The van der Waals surface area contributed by atoms with Gasteiger partial charge < -0.3 is 9.64 Å². The Morgan fingerprint density at radius 1 is 1.03 bits per heavy atom. The van der Waals surface area contributed by atoms with Gasteiger partial charge in [-0.3, -0.25) is 9.69 Å². The zero-order chi connectivity index (χ0) is 20.3. The van der Waals surface area contributed by atoms with Gasteiger partial charge in [0.25, 0.3) is 0 Å². The molecule has 4 aliphatic rings. The van der Waals surface area contributed by atoms with E-state index in [0.29, 0.717) is 12.0 Å². The number of nitrogens with zero attached hydrogens (tertiary/aromatic N) is 2. The number of carbonyl (C=O) groups is 1. The Balaban J connectivity index is 1.16. The van der Waals surface area contributed by atoms with Crippen LogP contribution in [0.1, 0.15) is 56.1 Å². The lowest BCUT2D eigenvalue weighted by Crippen LogP contribution is -2.46. The van der Waals surface area contributed by atoms with E-state index in [0.717, 1.165) is 57.4 Å². The van der Waals surface area contributed by atoms with Gasteiger partial charge in [0, 0.05) is 31.3 Å². The molecular weight excluding hydrogens is 372 g/mol. The van der Waals surface area contributed by atoms with Crippen molar-refractivity contribution in [3.63, 3.8) is 0 Å². The second kappa shape index (κ2) is 9.23. The van der Waals surface area contributed by atoms with Crippen LogP contribution in [0.5, 0.6) is 0 Å². The topological polar surface area (TPSA) is 32.8 Å². The molecule has 1 atom stereocenters. The molecule has 1 aromatic carbocycles. The van der Waals surface area contributed by atoms with Crippen molar-refractivity contribution < 1.29 is 9.53 Å². The van der Waals surface area contributed by atoms with E-state index >= 15 is 0 Å². The maximum atomic E-state index is 13.2. The summed E-state index contributed by atoms with van der Waals surface area (Å²) in [6.45, 7) is 4.91. The molecule has 2 aliphatic carbocycles. The number of hydrogen-bond donors (Lipinski definition) is 0. The molecule has 0 bridgehead atoms. The van der Waals surface area contributed by atoms with E-state index in [1.165, 1.54) is 38.8 Å². The van der Waals surface area contributed by atoms with Gasteiger partial charge in [-0.05, 0) is 87.9 Å². The van der Waals surface area contributed by atoms with Crippen molar-refractivity contribution in [2.45, 2.75) is 69.9 Å². The van der Waals surface area contributed by atoms with Crippen LogP contribution in [0.3, 0.4) is 0 Å². The van der Waals surface area contributed by atoms with Crippen LogP contribution in [-0.4, -0.2) is 60.6 Å². The highest BCUT2D eigenvalue weighted by Crippen LogP contribution is 2.30. The van der Waals surface area contributed by atoms with E-state index in [2.05, 4.69) is 40.1 Å². The molecule has 4 nitrogen and oxygen atoms in total. The number of allylic oxidation sites excluding steroid dienone is 1. The van der Waals surface area contributed by atoms with Gasteiger partial charge in [-0.1, -0.05) is 30.3 Å². The first-order chi connectivity index (χ1) is 14.8. The highest BCUT2D eigenvalue weighted by molar-refractivity contribution is 5.93. The summed E-state index contributed by atoms with van der Waals surface area (Å²) in [6, 6.07) is 9.62. The smallest absolute Gasteiger partial charge is 0.249 e. The SMILES string of the molecule is O=C(C1=CCCC1)N(CC1CCN(C2Cc3ccccc3C2)CC1)CC1CCCO1. The molecule has 2 aliphatic heterocycles. The van der Waals surface area contributed by atoms with Crippen LogP contribution < -0.4 is 0 Å². The van der Waals surface area contributed by atoms with Gasteiger partial charge in [0.1, 0.15) is 0 Å². The molecule has 30 heavy (non-hydrogen) atoms. The third-order valence-corrected chi connectivity index (χ3v) is 7.72. The summed E-state index contributed by atoms with van der Waals surface area (Å²) in [5.74, 6) is 0.911. The minimum Gasteiger partial charge on any atom is -0.376 e. The molecule has 0 radical (unpaired) electrons. The molecule has 2 fully saturated rings. The molecule has 0 saturated carbocycles. The van der Waals surface area contributed by atoms with E-state index in [-0.39, 0.29) is 12.0 Å². The zero-order valence-corrected chi connectivity index (χ0v) is 18.2. The van der Waals surface area contributed by atoms with Crippen molar-refractivity contribution >= 4 is 5.91 Å². The van der Waals surface area contributed by atoms with Crippen molar-refractivity contribution in [2.75, 3.05) is 32.8 Å². The third kappa shape index (κ3) is 4.50. The maximum Gasteiger partial charge on any atom is 0.249 e. The molecule has 5 rings (SSSR count). The Kier molecular flexibility index (Phi) is 6.24. The molecule has 2 heterocycles. The second-order valence-corrected chi connectivity index (χ2v) is 9.78. The fourth-order valence-electron chi connectivity index (χ4n) is 5.95. The molecule has 0 aromatic heterocycles. The van der Waals surface area contributed by atoms with Gasteiger partial charge in [0.2, 0.25) is 5.91 Å². The Bertz CT molecular complexity index is 750. The van der Waals surface area contributed by atoms with E-state index in [1.54, 1.807) is 11.1 Å². The molecule has 0 spiro atoms. The summed E-state index contributed by atoms with van der Waals surface area (Å²) in [6.07, 6.45) is 12.6. The number of piperidine rings is 1. The predicted octanol–water partition coefficient (Wildman–Crippen LogP) is 3.98. The highest BCUT2D eigenvalue weighted by Gasteiger charge is 2.32. The van der Waals surface area contributed by atoms with Crippen LogP contribution in [0.15, 0.2) is 35.9 Å². The number of benzene rings is 1. The highest BCUT2D eigenvalue weighted by atomic mass is 16.5. The summed E-state index contributed by atoms with van der Waals surface area (Å²) in [5.41, 5.74) is 4.14. The summed E-state index contributed by atoms with van der Waals surface area (Å²) in [4.78, 5) is 18.1. The molecule has 1 aromatic rings. The third-order valence-electron chi connectivity index (χ3n) is 7.72. The second-order valence-electron chi connectivity index (χ2n) is 9.78. The first-order valence-corrected chi connectivity index (χ1v) is 12.2. The van der Waals surface area contributed by atoms with Crippen LogP contribution in [0.4, 0.5) is 0 Å². The molecule has 0 N–H and O–H groups in total. The van der Waals surface area contributed by atoms with Crippen molar-refractivity contribution in [2.24, 2.45) is 5.92 Å². The van der Waals surface area contributed by atoms with Crippen LogP contribution in [0.25, 0.3) is 0 Å². The Morgan fingerprint density at radius 3 is 2.43 bits per heavy atom. The van der Waals surface area contributed by atoms with Gasteiger partial charge in [-0.15, -0.1) is 0 Å². The lowest BCUT2D eigenvalue weighted by molar-refractivity contribution is -0.129. The number of carbonyl (C=O) groups excluding carboxylic acids is 1. The molecule has 4 heteroatoms. The monoisotopic (exact) mass is 408 g/mol. The summed E-state index contributed by atoms with van der Waals surface area (Å²) in [5, 5.41) is 0. The average Bonchev–Trinajstić information content (AvgIpc) is 3.54. The van der Waals surface area contributed by atoms with Gasteiger partial charge in [-0.2, -0.15) is 0 Å². The molecule has 1 amide bonds. The minimum atomic E-state index is 0.244. The number of amides is 1. The summed E-state index contributed by atoms with van der Waals surface area (Å²) in [7, 11) is 0. The van der Waals surface area contributed by atoms with E-state index < -0.39 is 0 Å². The van der Waals surface area contributed by atoms with Gasteiger partial charge in [0.05, 0.1) is 6.10 Å². The first-order valence-electron chi connectivity index (χ1n) is 12.2. The van der Waals surface area contributed by atoms with Crippen LogP contribution >= 0.6 is 0 Å². The van der Waals surface area contributed by atoms with Crippen molar-refractivity contribution in [1.82, 2.24) is 9.80 Å². The minimum absolute atomic E-state index is 0.244. The molecule has 1 unspecified atom stereocenters. The lowest BCUT2D eigenvalue weighted by Gasteiger charge is -2.38. The van der Waals surface area contributed by atoms with E-state index in [4.69, 9.17) is 4.74 Å². The normalized spacial score (nSPS) is 25.5. The Labute approximate surface area is 181 Å². The van der Waals surface area contributed by atoms with Crippen LogP contribution in [0.2, 0.25) is 0 Å². The number of ether oxygens (including phenoxy) is 1. The number of fused-ring (bicyclic) bond motifs is 1. The van der Waals surface area contributed by atoms with Crippen molar-refractivity contribution in [3.8, 4) is 0 Å². The largest absolute Gasteiger partial charge is 0.376 e. The van der Waals surface area contributed by atoms with Gasteiger partial charge in [0.15, 0.2) is 0 Å². The Morgan fingerprint density at radius 2 is 1.80 bits per heavy atom. The summed E-state index contributed by atoms with van der Waals surface area (Å²) < 4.78 is 5.88. The number of hydrogen-bond acceptors (Lipinski definition) is 3. The lowest BCUT2D eigenvalue weighted by atomic mass is 9.94. The predicted molar refractivity (Wildman–Crippen MR) is 119 cm³/mol. The molecule has 162 valence electrons. The van der Waals surface area contributed by atoms with Crippen molar-refractivity contribution in [3.05, 3.63) is 47.0 Å². The van der Waals surface area contributed by atoms with Crippen LogP contribution in [-0.2, 0) is 22.4 Å². The number of likely N-dealkylation sites (tertiary alicyclic amines) is 1. The van der Waals surface area contributed by atoms with Crippen molar-refractivity contribution in [1.29, 1.82) is 0 Å². The van der Waals surface area contributed by atoms with Gasteiger partial charge >= 0.3 is 0 Å². The Hall–Kier alpha value is -1.65. The standard InChI is InChI=1S/C26H36N2O2/c29-26(21-6-1-2-7-21)28(19-25-10-5-15-30-25)18-20-11-13-27(14-12-20)24-16-22-8-3-4-9-23(22)17-24/h3-4,6,8-9,20,24-25H,1-2,5,7,10-19H2. The van der Waals surface area contributed by atoms with Gasteiger partial charge in [-0.25, -0.2) is 0 Å². The molecule has 2 saturated heterocycles. The van der Waals surface area contributed by atoms with E-state index in [9.17, 15) is 4.79 Å². The van der Waals surface area contributed by atoms with Crippen LogP contribution in [0, 0.1) is 5.92 Å².